The first kappa shape index (κ1) is 29.9. The van der Waals surface area contributed by atoms with Gasteiger partial charge in [-0.05, 0) is 73.2 Å². The third kappa shape index (κ3) is 6.24. The van der Waals surface area contributed by atoms with Crippen LogP contribution in [0.3, 0.4) is 0 Å². The average molecular weight is 629 g/mol. The summed E-state index contributed by atoms with van der Waals surface area (Å²) in [6.07, 6.45) is 5.81. The molecule has 43 heavy (non-hydrogen) atoms. The lowest BCUT2D eigenvalue weighted by molar-refractivity contribution is -0.150. The first-order valence-corrected chi connectivity index (χ1v) is 17.2. The highest BCUT2D eigenvalue weighted by molar-refractivity contribution is 7.50. The van der Waals surface area contributed by atoms with E-state index in [9.17, 15) is 33.1 Å². The molecule has 6 rings (SSSR count). The third-order valence-corrected chi connectivity index (χ3v) is 10.8. The fourth-order valence-electron chi connectivity index (χ4n) is 6.69. The number of benzene rings is 1. The van der Waals surface area contributed by atoms with Gasteiger partial charge in [0, 0.05) is 47.7 Å². The van der Waals surface area contributed by atoms with Gasteiger partial charge in [-0.25, -0.2) is 4.39 Å². The van der Waals surface area contributed by atoms with Crippen LogP contribution in [0.25, 0.3) is 10.1 Å². The number of halogens is 1. The minimum atomic E-state index is -4.23. The molecule has 10 nitrogen and oxygen atoms in total. The first-order valence-electron chi connectivity index (χ1n) is 14.5. The molecule has 3 aromatic rings. The van der Waals surface area contributed by atoms with Gasteiger partial charge in [-0.3, -0.25) is 23.9 Å². The van der Waals surface area contributed by atoms with E-state index in [1.54, 1.807) is 34.1 Å². The van der Waals surface area contributed by atoms with Crippen molar-refractivity contribution in [2.24, 2.45) is 5.92 Å². The Labute approximate surface area is 252 Å². The normalized spacial score (nSPS) is 24.8. The number of amides is 3. The monoisotopic (exact) mass is 628 g/mol. The van der Waals surface area contributed by atoms with Crippen molar-refractivity contribution < 1.29 is 33.1 Å². The largest absolute Gasteiger partial charge is 0.340 e. The molecule has 3 N–H and O–H groups in total. The van der Waals surface area contributed by atoms with Crippen LogP contribution in [0.2, 0.25) is 0 Å². The summed E-state index contributed by atoms with van der Waals surface area (Å²) < 4.78 is 26.4. The Kier molecular flexibility index (Phi) is 8.14. The fraction of sp³-hybridized carbons (Fsp3) is 0.467. The molecule has 3 fully saturated rings. The molecule has 0 spiro atoms. The van der Waals surface area contributed by atoms with Crippen LogP contribution in [0.1, 0.15) is 65.7 Å². The van der Waals surface area contributed by atoms with Gasteiger partial charge < -0.3 is 24.9 Å². The number of carbonyl (C=O) groups is 3. The van der Waals surface area contributed by atoms with Crippen molar-refractivity contribution in [2.75, 3.05) is 13.1 Å². The highest BCUT2D eigenvalue weighted by atomic mass is 32.1. The summed E-state index contributed by atoms with van der Waals surface area (Å²) in [5, 5.41) is 3.63. The van der Waals surface area contributed by atoms with Crippen LogP contribution in [-0.4, -0.2) is 73.5 Å². The van der Waals surface area contributed by atoms with E-state index in [-0.39, 0.29) is 35.8 Å². The number of hydrogen-bond donors (Lipinski definition) is 3. The zero-order chi connectivity index (χ0) is 30.5. The molecule has 3 amide bonds. The van der Waals surface area contributed by atoms with Crippen molar-refractivity contribution >= 4 is 46.7 Å². The second kappa shape index (κ2) is 11.7. The number of hydrogen-bond acceptors (Lipinski definition) is 6. The van der Waals surface area contributed by atoms with Crippen LogP contribution in [0, 0.1) is 11.7 Å². The van der Waals surface area contributed by atoms with Crippen molar-refractivity contribution in [3.8, 4) is 0 Å². The van der Waals surface area contributed by atoms with Crippen LogP contribution in [-0.2, 0) is 20.3 Å². The van der Waals surface area contributed by atoms with Gasteiger partial charge in [0.25, 0.3) is 5.91 Å². The molecular weight excluding hydrogens is 594 g/mol. The number of pyridine rings is 1. The Balaban J connectivity index is 1.16. The SMILES string of the molecule is C[C@H]1CC[C@H](NC(=O)c2cc3cc(CP(=O)(O)O)ccc3s2)C(=O)N2[C@H](CC[C@H]2C(=O)N2CC(c3cnccc3F)C2)C1. The Bertz CT molecular complexity index is 1620. The highest BCUT2D eigenvalue weighted by Crippen LogP contribution is 2.40. The lowest BCUT2D eigenvalue weighted by atomic mass is 9.90. The summed E-state index contributed by atoms with van der Waals surface area (Å²) in [6, 6.07) is 6.55. The van der Waals surface area contributed by atoms with Gasteiger partial charge >= 0.3 is 7.60 Å². The quantitative estimate of drug-likeness (QED) is 0.351. The molecule has 0 unspecified atom stereocenters. The van der Waals surface area contributed by atoms with Gasteiger partial charge in [0.15, 0.2) is 0 Å². The summed E-state index contributed by atoms with van der Waals surface area (Å²) in [4.78, 5) is 67.4. The minimum Gasteiger partial charge on any atom is -0.340 e. The summed E-state index contributed by atoms with van der Waals surface area (Å²) in [6.45, 7) is 2.89. The molecule has 228 valence electrons. The summed E-state index contributed by atoms with van der Waals surface area (Å²) in [7, 11) is -4.23. The fourth-order valence-corrected chi connectivity index (χ4v) is 8.31. The van der Waals surface area contributed by atoms with E-state index < -0.39 is 25.6 Å². The Morgan fingerprint density at radius 1 is 1.14 bits per heavy atom. The van der Waals surface area contributed by atoms with Crippen molar-refractivity contribution in [1.29, 1.82) is 0 Å². The molecule has 3 aliphatic heterocycles. The van der Waals surface area contributed by atoms with Crippen molar-refractivity contribution in [3.63, 3.8) is 0 Å². The summed E-state index contributed by atoms with van der Waals surface area (Å²) >= 11 is 1.25. The zero-order valence-electron chi connectivity index (χ0n) is 23.7. The predicted octanol–water partition coefficient (Wildman–Crippen LogP) is 4.02. The van der Waals surface area contributed by atoms with Crippen molar-refractivity contribution in [2.45, 2.75) is 69.2 Å². The smallest absolute Gasteiger partial charge is 0.329 e. The standard InChI is InChI=1S/C30H34FN4O6PS/c1-17-2-5-24(33-28(36)27-12-19-11-18(16-42(39,40)41)3-7-26(19)43-27)29(37)35-21(10-17)4-6-25(35)30(38)34-14-20(15-34)22-13-32-9-8-23(22)31/h3,7-9,11-13,17,20-21,24-25H,2,4-6,10,14-16H2,1H3,(H,33,36)(H2,39,40,41)/t17-,21+,24-,25-/m0/s1. The number of likely N-dealkylation sites (tertiary alicyclic amines) is 1. The van der Waals surface area contributed by atoms with Crippen LogP contribution in [0.4, 0.5) is 4.39 Å². The van der Waals surface area contributed by atoms with E-state index in [1.165, 1.54) is 29.8 Å². The van der Waals surface area contributed by atoms with E-state index in [2.05, 4.69) is 17.2 Å². The zero-order valence-corrected chi connectivity index (χ0v) is 25.4. The molecule has 4 atom stereocenters. The maximum atomic E-state index is 14.2. The van der Waals surface area contributed by atoms with Gasteiger partial charge in [-0.1, -0.05) is 13.0 Å². The maximum absolute atomic E-state index is 14.2. The van der Waals surface area contributed by atoms with E-state index in [0.717, 1.165) is 24.0 Å². The summed E-state index contributed by atoms with van der Waals surface area (Å²) in [5.41, 5.74) is 0.971. The highest BCUT2D eigenvalue weighted by Gasteiger charge is 2.47. The Morgan fingerprint density at radius 2 is 1.93 bits per heavy atom. The van der Waals surface area contributed by atoms with Crippen LogP contribution in [0.15, 0.2) is 42.7 Å². The first-order chi connectivity index (χ1) is 20.5. The lowest BCUT2D eigenvalue weighted by Crippen LogP contribution is -2.60. The number of nitrogens with one attached hydrogen (secondary N) is 1. The molecule has 1 aromatic carbocycles. The Hall–Kier alpha value is -3.18. The molecule has 13 heteroatoms. The van der Waals surface area contributed by atoms with Gasteiger partial charge in [0.2, 0.25) is 11.8 Å². The second-order valence-electron chi connectivity index (χ2n) is 12.1. The van der Waals surface area contributed by atoms with Crippen LogP contribution in [0.5, 0.6) is 0 Å². The van der Waals surface area contributed by atoms with Crippen molar-refractivity contribution in [3.05, 3.63) is 64.5 Å². The lowest BCUT2D eigenvalue weighted by Gasteiger charge is -2.43. The van der Waals surface area contributed by atoms with Gasteiger partial charge in [0.05, 0.1) is 11.0 Å². The number of thiophene rings is 1. The molecule has 0 bridgehead atoms. The summed E-state index contributed by atoms with van der Waals surface area (Å²) in [5.74, 6) is -0.926. The minimum absolute atomic E-state index is 0.0826. The van der Waals surface area contributed by atoms with E-state index in [4.69, 9.17) is 0 Å². The average Bonchev–Trinajstić information content (AvgIpc) is 3.53. The molecule has 3 saturated heterocycles. The molecular formula is C30H34FN4O6PS. The number of fused-ring (bicyclic) bond motifs is 2. The van der Waals surface area contributed by atoms with Crippen LogP contribution >= 0.6 is 18.9 Å². The maximum Gasteiger partial charge on any atom is 0.329 e. The molecule has 0 aliphatic carbocycles. The number of aromatic nitrogens is 1. The van der Waals surface area contributed by atoms with E-state index in [0.29, 0.717) is 53.2 Å². The molecule has 2 aromatic heterocycles. The number of rotatable bonds is 6. The van der Waals surface area contributed by atoms with E-state index in [1.807, 2.05) is 0 Å². The molecule has 3 aliphatic rings. The second-order valence-corrected chi connectivity index (χ2v) is 14.8. The van der Waals surface area contributed by atoms with Crippen molar-refractivity contribution in [1.82, 2.24) is 20.1 Å². The topological polar surface area (TPSA) is 140 Å². The van der Waals surface area contributed by atoms with Gasteiger partial charge in [-0.15, -0.1) is 11.3 Å². The predicted molar refractivity (Wildman–Crippen MR) is 159 cm³/mol. The van der Waals surface area contributed by atoms with Gasteiger partial charge in [0.1, 0.15) is 17.9 Å². The van der Waals surface area contributed by atoms with Crippen LogP contribution < -0.4 is 5.32 Å². The molecule has 0 radical (unpaired) electrons. The van der Waals surface area contributed by atoms with Gasteiger partial charge in [-0.2, -0.15) is 0 Å². The number of nitrogens with zero attached hydrogens (tertiary/aromatic N) is 3. The Morgan fingerprint density at radius 3 is 2.67 bits per heavy atom. The number of carbonyl (C=O) groups excluding carboxylic acids is 3. The molecule has 5 heterocycles. The molecule has 0 saturated carbocycles. The van der Waals surface area contributed by atoms with E-state index >= 15 is 0 Å². The third-order valence-electron chi connectivity index (χ3n) is 8.89.